The summed E-state index contributed by atoms with van der Waals surface area (Å²) in [5.41, 5.74) is 1.43. The third kappa shape index (κ3) is 5.91. The van der Waals surface area contributed by atoms with Crippen LogP contribution in [0.4, 0.5) is 15.0 Å². The van der Waals surface area contributed by atoms with Gasteiger partial charge in [-0.15, -0.1) is 0 Å². The molecule has 4 heterocycles. The molecule has 0 unspecified atom stereocenters. The lowest BCUT2D eigenvalue weighted by molar-refractivity contribution is -0.0351. The number of ether oxygens (including phenoxy) is 4. The summed E-state index contributed by atoms with van der Waals surface area (Å²) < 4.78 is 36.5. The number of carbonyl (C=O) groups is 2. The highest BCUT2D eigenvalue weighted by Crippen LogP contribution is 2.52. The molecular weight excluding hydrogens is 557 g/mol. The maximum absolute atomic E-state index is 13.8. The minimum atomic E-state index is -0.702. The lowest BCUT2D eigenvalue weighted by Crippen LogP contribution is -2.65. The Morgan fingerprint density at radius 1 is 1.07 bits per heavy atom. The predicted octanol–water partition coefficient (Wildman–Crippen LogP) is 4.93. The van der Waals surface area contributed by atoms with Gasteiger partial charge in [-0.05, 0) is 64.3 Å². The van der Waals surface area contributed by atoms with Crippen LogP contribution in [0.15, 0.2) is 43.0 Å². The summed E-state index contributed by atoms with van der Waals surface area (Å²) >= 11 is 0. The first-order chi connectivity index (χ1) is 20.5. The second-order valence-corrected chi connectivity index (χ2v) is 12.3. The zero-order valence-electron chi connectivity index (χ0n) is 24.6. The molecule has 1 saturated carbocycles. The number of fused-ring (bicyclic) bond motifs is 1. The number of esters is 1. The van der Waals surface area contributed by atoms with Crippen LogP contribution in [0.1, 0.15) is 55.2 Å². The lowest BCUT2D eigenvalue weighted by Gasteiger charge is -2.59. The van der Waals surface area contributed by atoms with E-state index in [2.05, 4.69) is 19.9 Å². The van der Waals surface area contributed by atoms with Gasteiger partial charge in [0.1, 0.15) is 40.9 Å². The van der Waals surface area contributed by atoms with E-state index in [1.54, 1.807) is 11.1 Å². The molecule has 1 saturated heterocycles. The fourth-order valence-electron chi connectivity index (χ4n) is 5.96. The molecule has 0 radical (unpaired) electrons. The predicted molar refractivity (Wildman–Crippen MR) is 153 cm³/mol. The number of methoxy groups -OCH3 is 1. The van der Waals surface area contributed by atoms with Crippen LogP contribution in [0.2, 0.25) is 0 Å². The number of benzene rings is 1. The first-order valence-corrected chi connectivity index (χ1v) is 14.2. The third-order valence-corrected chi connectivity index (χ3v) is 7.92. The van der Waals surface area contributed by atoms with Crippen LogP contribution in [-0.2, 0) is 22.4 Å². The van der Waals surface area contributed by atoms with E-state index < -0.39 is 17.4 Å². The molecule has 0 bridgehead atoms. The van der Waals surface area contributed by atoms with Crippen molar-refractivity contribution in [3.8, 4) is 17.2 Å². The number of hydrogen-bond donors (Lipinski definition) is 0. The summed E-state index contributed by atoms with van der Waals surface area (Å²) in [5, 5.41) is 0. The van der Waals surface area contributed by atoms with Crippen LogP contribution < -0.4 is 14.4 Å². The van der Waals surface area contributed by atoms with Crippen molar-refractivity contribution in [3.05, 3.63) is 65.6 Å². The molecule has 2 aromatic heterocycles. The van der Waals surface area contributed by atoms with E-state index in [-0.39, 0.29) is 28.9 Å². The number of pyridine rings is 1. The molecule has 2 aliphatic heterocycles. The molecule has 12 heteroatoms. The van der Waals surface area contributed by atoms with E-state index in [0.717, 1.165) is 49.0 Å². The van der Waals surface area contributed by atoms with Gasteiger partial charge in [0.05, 0.1) is 25.5 Å². The van der Waals surface area contributed by atoms with Crippen molar-refractivity contribution >= 4 is 17.9 Å². The molecule has 1 spiro atoms. The van der Waals surface area contributed by atoms with Gasteiger partial charge in [-0.1, -0.05) is 0 Å². The molecule has 0 N–H and O–H groups in total. The van der Waals surface area contributed by atoms with Gasteiger partial charge >= 0.3 is 12.1 Å². The van der Waals surface area contributed by atoms with Gasteiger partial charge in [-0.3, -0.25) is 4.98 Å². The highest BCUT2D eigenvalue weighted by molar-refractivity contribution is 5.92. The van der Waals surface area contributed by atoms with E-state index in [9.17, 15) is 14.0 Å². The molecule has 1 amide bonds. The van der Waals surface area contributed by atoms with Crippen molar-refractivity contribution in [1.29, 1.82) is 0 Å². The maximum atomic E-state index is 13.8. The Hall–Kier alpha value is -4.48. The second kappa shape index (κ2) is 11.0. The van der Waals surface area contributed by atoms with E-state index in [1.165, 1.54) is 31.8 Å². The Labute approximate surface area is 248 Å². The summed E-state index contributed by atoms with van der Waals surface area (Å²) in [5.74, 6) is 0.683. The molecule has 3 aromatic rings. The van der Waals surface area contributed by atoms with E-state index in [0.29, 0.717) is 31.1 Å². The average Bonchev–Trinajstić information content (AvgIpc) is 2.93. The van der Waals surface area contributed by atoms with E-state index in [4.69, 9.17) is 18.9 Å². The van der Waals surface area contributed by atoms with Crippen molar-refractivity contribution in [2.24, 2.45) is 5.41 Å². The van der Waals surface area contributed by atoms with Crippen molar-refractivity contribution in [3.63, 3.8) is 0 Å². The third-order valence-electron chi connectivity index (χ3n) is 7.92. The average molecular weight is 592 g/mol. The van der Waals surface area contributed by atoms with Crippen LogP contribution in [0.5, 0.6) is 17.2 Å². The van der Waals surface area contributed by atoms with Crippen LogP contribution >= 0.6 is 0 Å². The first-order valence-electron chi connectivity index (χ1n) is 14.2. The summed E-state index contributed by atoms with van der Waals surface area (Å²) in [6, 6.07) is 5.59. The minimum Gasteiger partial charge on any atom is -0.490 e. The quantitative estimate of drug-likeness (QED) is 0.365. The zero-order valence-corrected chi connectivity index (χ0v) is 24.6. The molecule has 11 nitrogen and oxygen atoms in total. The van der Waals surface area contributed by atoms with Gasteiger partial charge in [-0.25, -0.2) is 23.9 Å². The topological polar surface area (TPSA) is 116 Å². The number of hydrogen-bond acceptors (Lipinski definition) is 10. The fraction of sp³-hybridized carbons (Fsp3) is 0.452. The molecular formula is C31H34FN5O6. The SMILES string of the molecule is COC(=O)c1cc(F)ccc1Oc1cncnc1N1CC2(CC(Oc3ccnc4c3CCN(C(=O)OC(C)(C)C)C4)C2)C1. The van der Waals surface area contributed by atoms with Gasteiger partial charge in [0, 0.05) is 36.8 Å². The molecule has 1 aliphatic carbocycles. The number of rotatable bonds is 6. The second-order valence-electron chi connectivity index (χ2n) is 12.3. The van der Waals surface area contributed by atoms with Crippen molar-refractivity contribution in [2.75, 3.05) is 31.6 Å². The van der Waals surface area contributed by atoms with Crippen molar-refractivity contribution in [2.45, 2.75) is 58.3 Å². The zero-order chi connectivity index (χ0) is 30.4. The van der Waals surface area contributed by atoms with Crippen LogP contribution in [0.25, 0.3) is 0 Å². The summed E-state index contributed by atoms with van der Waals surface area (Å²) in [7, 11) is 1.23. The molecule has 2 fully saturated rings. The number of carbonyl (C=O) groups excluding carboxylic acids is 2. The van der Waals surface area contributed by atoms with Crippen LogP contribution in [0.3, 0.4) is 0 Å². The van der Waals surface area contributed by atoms with Gasteiger partial charge < -0.3 is 28.7 Å². The Kier molecular flexibility index (Phi) is 7.31. The molecule has 1 aromatic carbocycles. The van der Waals surface area contributed by atoms with Gasteiger partial charge in [0.2, 0.25) is 0 Å². The molecule has 3 aliphatic rings. The Morgan fingerprint density at radius 2 is 1.86 bits per heavy atom. The maximum Gasteiger partial charge on any atom is 0.410 e. The van der Waals surface area contributed by atoms with E-state index in [1.807, 2.05) is 26.8 Å². The molecule has 43 heavy (non-hydrogen) atoms. The summed E-state index contributed by atoms with van der Waals surface area (Å²) in [6.45, 7) is 8.06. The largest absolute Gasteiger partial charge is 0.490 e. The number of aromatic nitrogens is 3. The molecule has 6 rings (SSSR count). The van der Waals surface area contributed by atoms with Crippen molar-refractivity contribution < 1.29 is 32.9 Å². The highest BCUT2D eigenvalue weighted by atomic mass is 19.1. The Balaban J connectivity index is 1.06. The van der Waals surface area contributed by atoms with Gasteiger partial charge in [0.15, 0.2) is 11.6 Å². The first kappa shape index (κ1) is 28.6. The number of nitrogens with zero attached hydrogens (tertiary/aromatic N) is 5. The minimum absolute atomic E-state index is 0.0211. The fourth-order valence-corrected chi connectivity index (χ4v) is 5.96. The lowest BCUT2D eigenvalue weighted by atomic mass is 9.61. The summed E-state index contributed by atoms with van der Waals surface area (Å²) in [4.78, 5) is 41.5. The smallest absolute Gasteiger partial charge is 0.410 e. The highest BCUT2D eigenvalue weighted by Gasteiger charge is 2.54. The standard InChI is InChI=1S/C31H34FN5O6/c1-30(2,3)43-29(39)36-10-8-21-23(15-36)34-9-7-25(21)41-20-12-31(13-20)16-37(17-31)27-26(14-33-18-35-27)42-24-6-5-19(32)11-22(24)28(38)40-4/h5-7,9,11,14,18,20H,8,10,12-13,15-17H2,1-4H3. The molecule has 0 atom stereocenters. The van der Waals surface area contributed by atoms with Crippen molar-refractivity contribution in [1.82, 2.24) is 19.9 Å². The number of anilines is 1. The summed E-state index contributed by atoms with van der Waals surface area (Å²) in [6.07, 6.45) is 6.91. The monoisotopic (exact) mass is 591 g/mol. The van der Waals surface area contributed by atoms with Crippen LogP contribution in [-0.4, -0.2) is 70.4 Å². The van der Waals surface area contributed by atoms with Gasteiger partial charge in [-0.2, -0.15) is 0 Å². The Bertz CT molecular complexity index is 1550. The number of halogens is 1. The van der Waals surface area contributed by atoms with E-state index >= 15 is 0 Å². The normalized spacial score (nSPS) is 17.4. The van der Waals surface area contributed by atoms with Crippen LogP contribution in [0, 0.1) is 11.2 Å². The van der Waals surface area contributed by atoms with Gasteiger partial charge in [0.25, 0.3) is 0 Å². The molecule has 226 valence electrons. The Morgan fingerprint density at radius 3 is 2.60 bits per heavy atom. The number of amides is 1.